The van der Waals surface area contributed by atoms with Crippen LogP contribution in [0, 0.1) is 5.41 Å². The third kappa shape index (κ3) is 4.27. The lowest BCUT2D eigenvalue weighted by molar-refractivity contribution is 0.722. The molecule has 10 heavy (non-hydrogen) atoms. The molecule has 0 aliphatic heterocycles. The van der Waals surface area contributed by atoms with E-state index in [1.54, 1.807) is 0 Å². The minimum Gasteiger partial charge on any atom is -0.313 e. The van der Waals surface area contributed by atoms with Gasteiger partial charge in [-0.1, -0.05) is 13.0 Å². The molecule has 0 aliphatic carbocycles. The van der Waals surface area contributed by atoms with E-state index in [4.69, 9.17) is 5.41 Å². The highest BCUT2D eigenvalue weighted by atomic mass is 14.8. The van der Waals surface area contributed by atoms with E-state index in [2.05, 4.69) is 12.2 Å². The summed E-state index contributed by atoms with van der Waals surface area (Å²) < 4.78 is 0. The summed E-state index contributed by atoms with van der Waals surface area (Å²) in [7, 11) is 0. The van der Waals surface area contributed by atoms with Crippen molar-refractivity contribution in [1.82, 2.24) is 5.32 Å². The summed E-state index contributed by atoms with van der Waals surface area (Å²) in [5, 5.41) is 10.2. The van der Waals surface area contributed by atoms with Crippen molar-refractivity contribution in [3.8, 4) is 0 Å². The zero-order valence-corrected chi connectivity index (χ0v) is 6.78. The van der Waals surface area contributed by atoms with E-state index >= 15 is 0 Å². The first-order valence-electron chi connectivity index (χ1n) is 3.71. The van der Waals surface area contributed by atoms with Crippen molar-refractivity contribution >= 4 is 6.21 Å². The SMILES string of the molecule is C/C=C(\C=N)CNCCC. The molecular weight excluding hydrogens is 124 g/mol. The second-order valence-corrected chi connectivity index (χ2v) is 2.18. The fourth-order valence-electron chi connectivity index (χ4n) is 0.646. The number of hydrogen-bond donors (Lipinski definition) is 2. The third-order valence-corrected chi connectivity index (χ3v) is 1.31. The van der Waals surface area contributed by atoms with Gasteiger partial charge < -0.3 is 10.7 Å². The molecule has 0 atom stereocenters. The molecule has 0 aliphatic rings. The zero-order valence-electron chi connectivity index (χ0n) is 6.78. The molecule has 2 nitrogen and oxygen atoms in total. The largest absolute Gasteiger partial charge is 0.313 e. The van der Waals surface area contributed by atoms with Crippen molar-refractivity contribution < 1.29 is 0 Å². The van der Waals surface area contributed by atoms with E-state index in [-0.39, 0.29) is 0 Å². The van der Waals surface area contributed by atoms with Crippen molar-refractivity contribution in [1.29, 1.82) is 5.41 Å². The molecule has 0 bridgehead atoms. The Hall–Kier alpha value is -0.630. The quantitative estimate of drug-likeness (QED) is 0.441. The van der Waals surface area contributed by atoms with Crippen LogP contribution in [-0.2, 0) is 0 Å². The Kier molecular flexibility index (Phi) is 6.08. The molecule has 0 unspecified atom stereocenters. The molecule has 0 radical (unpaired) electrons. The molecule has 2 heteroatoms. The summed E-state index contributed by atoms with van der Waals surface area (Å²) in [5.41, 5.74) is 1.05. The van der Waals surface area contributed by atoms with Crippen molar-refractivity contribution in [3.05, 3.63) is 11.6 Å². The van der Waals surface area contributed by atoms with Crippen LogP contribution in [0.2, 0.25) is 0 Å². The van der Waals surface area contributed by atoms with Gasteiger partial charge in [-0.25, -0.2) is 0 Å². The Balaban J connectivity index is 3.36. The molecule has 0 aromatic carbocycles. The predicted molar refractivity (Wildman–Crippen MR) is 45.7 cm³/mol. The first-order chi connectivity index (χ1) is 4.85. The van der Waals surface area contributed by atoms with Crippen molar-refractivity contribution in [3.63, 3.8) is 0 Å². The molecule has 58 valence electrons. The Labute approximate surface area is 62.8 Å². The molecular formula is C8H16N2. The second-order valence-electron chi connectivity index (χ2n) is 2.18. The Bertz CT molecular complexity index is 116. The van der Waals surface area contributed by atoms with Crippen LogP contribution in [0.15, 0.2) is 11.6 Å². The van der Waals surface area contributed by atoms with Crippen LogP contribution in [0.5, 0.6) is 0 Å². The smallest absolute Gasteiger partial charge is 0.0219 e. The van der Waals surface area contributed by atoms with E-state index < -0.39 is 0 Å². The maximum absolute atomic E-state index is 6.96. The number of nitrogens with one attached hydrogen (secondary N) is 2. The molecule has 0 saturated heterocycles. The van der Waals surface area contributed by atoms with Gasteiger partial charge in [0.1, 0.15) is 0 Å². The lowest BCUT2D eigenvalue weighted by atomic mass is 10.3. The van der Waals surface area contributed by atoms with Gasteiger partial charge in [0.25, 0.3) is 0 Å². The summed E-state index contributed by atoms with van der Waals surface area (Å²) in [5.74, 6) is 0. The molecule has 0 fully saturated rings. The van der Waals surface area contributed by atoms with Crippen LogP contribution < -0.4 is 5.32 Å². The molecule has 0 rings (SSSR count). The summed E-state index contributed by atoms with van der Waals surface area (Å²) in [6.07, 6.45) is 4.49. The van der Waals surface area contributed by atoms with Crippen molar-refractivity contribution in [2.75, 3.05) is 13.1 Å². The maximum Gasteiger partial charge on any atom is 0.0219 e. The van der Waals surface area contributed by atoms with Gasteiger partial charge in [0, 0.05) is 12.8 Å². The number of rotatable bonds is 5. The van der Waals surface area contributed by atoms with Crippen LogP contribution in [0.25, 0.3) is 0 Å². The van der Waals surface area contributed by atoms with E-state index in [0.717, 1.165) is 25.1 Å². The summed E-state index contributed by atoms with van der Waals surface area (Å²) in [6.45, 7) is 5.94. The third-order valence-electron chi connectivity index (χ3n) is 1.31. The first kappa shape index (κ1) is 9.37. The van der Waals surface area contributed by atoms with Gasteiger partial charge in [0.05, 0.1) is 0 Å². The minimum absolute atomic E-state index is 0.827. The monoisotopic (exact) mass is 140 g/mol. The Morgan fingerprint density at radius 3 is 2.70 bits per heavy atom. The van der Waals surface area contributed by atoms with E-state index in [1.165, 1.54) is 6.21 Å². The van der Waals surface area contributed by atoms with Gasteiger partial charge in [-0.15, -0.1) is 0 Å². The summed E-state index contributed by atoms with van der Waals surface area (Å²) in [4.78, 5) is 0. The predicted octanol–water partition coefficient (Wildman–Crippen LogP) is 1.58. The fraction of sp³-hybridized carbons (Fsp3) is 0.625. The Morgan fingerprint density at radius 2 is 2.30 bits per heavy atom. The zero-order chi connectivity index (χ0) is 7.82. The number of allylic oxidation sites excluding steroid dienone is 1. The lowest BCUT2D eigenvalue weighted by Crippen LogP contribution is -2.18. The van der Waals surface area contributed by atoms with E-state index in [0.29, 0.717) is 0 Å². The Morgan fingerprint density at radius 1 is 1.60 bits per heavy atom. The van der Waals surface area contributed by atoms with Crippen LogP contribution in [0.4, 0.5) is 0 Å². The average molecular weight is 140 g/mol. The van der Waals surface area contributed by atoms with Gasteiger partial charge in [-0.3, -0.25) is 0 Å². The van der Waals surface area contributed by atoms with Crippen molar-refractivity contribution in [2.24, 2.45) is 0 Å². The molecule has 0 spiro atoms. The van der Waals surface area contributed by atoms with Gasteiger partial charge in [0.15, 0.2) is 0 Å². The highest BCUT2D eigenvalue weighted by molar-refractivity contribution is 5.75. The summed E-state index contributed by atoms with van der Waals surface area (Å²) >= 11 is 0. The van der Waals surface area contributed by atoms with Gasteiger partial charge in [-0.05, 0) is 25.5 Å². The number of hydrogen-bond acceptors (Lipinski definition) is 2. The normalized spacial score (nSPS) is 11.6. The van der Waals surface area contributed by atoms with E-state index in [9.17, 15) is 0 Å². The molecule has 0 heterocycles. The van der Waals surface area contributed by atoms with Crippen molar-refractivity contribution in [2.45, 2.75) is 20.3 Å². The van der Waals surface area contributed by atoms with Gasteiger partial charge in [0.2, 0.25) is 0 Å². The van der Waals surface area contributed by atoms with Gasteiger partial charge >= 0.3 is 0 Å². The standard InChI is InChI=1S/C8H16N2/c1-3-5-10-7-8(4-2)6-9/h4,6,9-10H,3,5,7H2,1-2H3/b8-4+,9-6?. The van der Waals surface area contributed by atoms with Crippen LogP contribution in [0.3, 0.4) is 0 Å². The highest BCUT2D eigenvalue weighted by Crippen LogP contribution is 1.85. The minimum atomic E-state index is 0.827. The van der Waals surface area contributed by atoms with E-state index in [1.807, 2.05) is 13.0 Å². The van der Waals surface area contributed by atoms with Crippen LogP contribution in [0.1, 0.15) is 20.3 Å². The first-order valence-corrected chi connectivity index (χ1v) is 3.71. The lowest BCUT2D eigenvalue weighted by Gasteiger charge is -2.00. The molecule has 0 amide bonds. The van der Waals surface area contributed by atoms with Crippen LogP contribution in [-0.4, -0.2) is 19.3 Å². The second kappa shape index (κ2) is 6.49. The molecule has 0 aromatic heterocycles. The fourth-order valence-corrected chi connectivity index (χ4v) is 0.646. The summed E-state index contributed by atoms with van der Waals surface area (Å²) in [6, 6.07) is 0. The topological polar surface area (TPSA) is 35.9 Å². The molecule has 0 aromatic rings. The van der Waals surface area contributed by atoms with Crippen LogP contribution >= 0.6 is 0 Å². The molecule has 2 N–H and O–H groups in total. The van der Waals surface area contributed by atoms with Gasteiger partial charge in [-0.2, -0.15) is 0 Å². The molecule has 0 saturated carbocycles. The average Bonchev–Trinajstić information content (AvgIpc) is 1.99. The maximum atomic E-state index is 6.96. The highest BCUT2D eigenvalue weighted by Gasteiger charge is 1.87.